The Balaban J connectivity index is 1.54. The van der Waals surface area contributed by atoms with Crippen LogP contribution in [0.5, 0.6) is 5.75 Å². The van der Waals surface area contributed by atoms with Crippen molar-refractivity contribution in [3.05, 3.63) is 53.6 Å². The van der Waals surface area contributed by atoms with Crippen LogP contribution in [0.3, 0.4) is 0 Å². The fourth-order valence-corrected chi connectivity index (χ4v) is 3.60. The number of thiazole rings is 1. The van der Waals surface area contributed by atoms with Crippen LogP contribution in [-0.2, 0) is 11.2 Å². The highest BCUT2D eigenvalue weighted by atomic mass is 32.1. The number of hydrogen-bond donors (Lipinski definition) is 1. The molecule has 3 aromatic rings. The molecule has 5 heteroatoms. The number of carbonyl (C=O) groups is 1. The van der Waals surface area contributed by atoms with Crippen molar-refractivity contribution in [2.24, 2.45) is 0 Å². The number of rotatable bonds is 2. The third kappa shape index (κ3) is 2.23. The zero-order valence-electron chi connectivity index (χ0n) is 12.0. The minimum absolute atomic E-state index is 0.145. The number of benzene rings is 2. The van der Waals surface area contributed by atoms with Crippen molar-refractivity contribution < 1.29 is 9.53 Å². The van der Waals surface area contributed by atoms with Crippen molar-refractivity contribution in [1.29, 1.82) is 0 Å². The number of amides is 1. The molecule has 22 heavy (non-hydrogen) atoms. The molecule has 1 aromatic heterocycles. The third-order valence-corrected chi connectivity index (χ3v) is 4.73. The number of anilines is 1. The second kappa shape index (κ2) is 5.10. The lowest BCUT2D eigenvalue weighted by Gasteiger charge is -2.09. The SMILES string of the molecule is Cc1cccc2sc(NC(=O)C3Cc4ccccc4O3)nc12. The zero-order chi connectivity index (χ0) is 15.1. The first-order valence-corrected chi connectivity index (χ1v) is 7.94. The molecule has 0 spiro atoms. The summed E-state index contributed by atoms with van der Waals surface area (Å²) in [4.78, 5) is 16.9. The molecule has 2 aromatic carbocycles. The van der Waals surface area contributed by atoms with Crippen molar-refractivity contribution >= 4 is 32.6 Å². The quantitative estimate of drug-likeness (QED) is 0.787. The Hall–Kier alpha value is -2.40. The minimum atomic E-state index is -0.481. The molecule has 0 fully saturated rings. The Kier molecular flexibility index (Phi) is 3.08. The third-order valence-electron chi connectivity index (χ3n) is 3.79. The van der Waals surface area contributed by atoms with E-state index in [0.717, 1.165) is 27.1 Å². The monoisotopic (exact) mass is 310 g/mol. The molecule has 1 unspecified atom stereocenters. The number of carbonyl (C=O) groups excluding carboxylic acids is 1. The summed E-state index contributed by atoms with van der Waals surface area (Å²) in [6.07, 6.45) is 0.122. The molecule has 1 atom stereocenters. The van der Waals surface area contributed by atoms with Gasteiger partial charge in [-0.05, 0) is 30.2 Å². The standard InChI is InChI=1S/C17H14N2O2S/c1-10-5-4-8-14-15(10)18-17(22-14)19-16(20)13-9-11-6-2-3-7-12(11)21-13/h2-8,13H,9H2,1H3,(H,18,19,20). The molecular formula is C17H14N2O2S. The Morgan fingerprint density at radius 3 is 2.95 bits per heavy atom. The summed E-state index contributed by atoms with van der Waals surface area (Å²) in [5.74, 6) is 0.649. The number of fused-ring (bicyclic) bond motifs is 2. The first-order chi connectivity index (χ1) is 10.7. The zero-order valence-corrected chi connectivity index (χ0v) is 12.8. The number of nitrogens with one attached hydrogen (secondary N) is 1. The van der Waals surface area contributed by atoms with Crippen LogP contribution in [0.2, 0.25) is 0 Å². The Labute approximate surface area is 131 Å². The largest absolute Gasteiger partial charge is 0.480 e. The minimum Gasteiger partial charge on any atom is -0.480 e. The number of aryl methyl sites for hydroxylation is 1. The van der Waals surface area contributed by atoms with E-state index < -0.39 is 6.10 Å². The molecule has 1 aliphatic rings. The van der Waals surface area contributed by atoms with Gasteiger partial charge in [-0.1, -0.05) is 41.7 Å². The lowest BCUT2D eigenvalue weighted by molar-refractivity contribution is -0.122. The van der Waals surface area contributed by atoms with Crippen molar-refractivity contribution in [2.75, 3.05) is 5.32 Å². The maximum atomic E-state index is 12.4. The number of hydrogen-bond acceptors (Lipinski definition) is 4. The fourth-order valence-electron chi connectivity index (χ4n) is 2.65. The summed E-state index contributed by atoms with van der Waals surface area (Å²) in [6, 6.07) is 13.8. The maximum Gasteiger partial charge on any atom is 0.267 e. The van der Waals surface area contributed by atoms with Gasteiger partial charge in [0, 0.05) is 6.42 Å². The van der Waals surface area contributed by atoms with E-state index in [4.69, 9.17) is 4.74 Å². The molecule has 0 radical (unpaired) electrons. The molecule has 0 bridgehead atoms. The molecule has 4 rings (SSSR count). The summed E-state index contributed by atoms with van der Waals surface area (Å²) in [7, 11) is 0. The van der Waals surface area contributed by atoms with Crippen LogP contribution >= 0.6 is 11.3 Å². The number of nitrogens with zero attached hydrogens (tertiary/aromatic N) is 1. The van der Waals surface area contributed by atoms with Crippen LogP contribution in [0.25, 0.3) is 10.2 Å². The van der Waals surface area contributed by atoms with E-state index in [2.05, 4.69) is 10.3 Å². The first kappa shape index (κ1) is 13.3. The number of para-hydroxylation sites is 2. The van der Waals surface area contributed by atoms with Gasteiger partial charge in [0.05, 0.1) is 10.2 Å². The van der Waals surface area contributed by atoms with E-state index in [1.54, 1.807) is 0 Å². The smallest absolute Gasteiger partial charge is 0.267 e. The van der Waals surface area contributed by atoms with E-state index >= 15 is 0 Å². The molecular weight excluding hydrogens is 296 g/mol. The highest BCUT2D eigenvalue weighted by Gasteiger charge is 2.29. The van der Waals surface area contributed by atoms with Gasteiger partial charge < -0.3 is 4.74 Å². The highest BCUT2D eigenvalue weighted by molar-refractivity contribution is 7.22. The normalized spacial score (nSPS) is 16.3. The van der Waals surface area contributed by atoms with E-state index in [9.17, 15) is 4.79 Å². The van der Waals surface area contributed by atoms with Crippen molar-refractivity contribution in [3.63, 3.8) is 0 Å². The van der Waals surface area contributed by atoms with E-state index in [-0.39, 0.29) is 5.91 Å². The lowest BCUT2D eigenvalue weighted by atomic mass is 10.1. The summed E-state index contributed by atoms with van der Waals surface area (Å²) >= 11 is 1.48. The van der Waals surface area contributed by atoms with Gasteiger partial charge in [0.25, 0.3) is 5.91 Å². The van der Waals surface area contributed by atoms with Crippen LogP contribution in [0.1, 0.15) is 11.1 Å². The first-order valence-electron chi connectivity index (χ1n) is 7.12. The molecule has 4 nitrogen and oxygen atoms in total. The second-order valence-corrected chi connectivity index (χ2v) is 6.38. The molecule has 1 amide bonds. The van der Waals surface area contributed by atoms with Gasteiger partial charge in [-0.2, -0.15) is 0 Å². The van der Waals surface area contributed by atoms with E-state index in [1.165, 1.54) is 11.3 Å². The number of ether oxygens (including phenoxy) is 1. The second-order valence-electron chi connectivity index (χ2n) is 5.35. The molecule has 2 heterocycles. The van der Waals surface area contributed by atoms with Crippen LogP contribution in [0, 0.1) is 6.92 Å². The lowest BCUT2D eigenvalue weighted by Crippen LogP contribution is -2.31. The van der Waals surface area contributed by atoms with Crippen molar-refractivity contribution in [1.82, 2.24) is 4.98 Å². The topological polar surface area (TPSA) is 51.2 Å². The molecule has 1 N–H and O–H groups in total. The van der Waals surface area contributed by atoms with Gasteiger partial charge in [-0.25, -0.2) is 4.98 Å². The van der Waals surface area contributed by atoms with E-state index in [1.807, 2.05) is 49.4 Å². The molecule has 0 saturated heterocycles. The van der Waals surface area contributed by atoms with Crippen LogP contribution in [0.15, 0.2) is 42.5 Å². The summed E-state index contributed by atoms with van der Waals surface area (Å²) in [5.41, 5.74) is 3.12. The average molecular weight is 310 g/mol. The predicted molar refractivity (Wildman–Crippen MR) is 87.5 cm³/mol. The summed E-state index contributed by atoms with van der Waals surface area (Å²) in [5, 5.41) is 3.50. The van der Waals surface area contributed by atoms with Gasteiger partial charge >= 0.3 is 0 Å². The van der Waals surface area contributed by atoms with Gasteiger partial charge in [0.2, 0.25) is 0 Å². The highest BCUT2D eigenvalue weighted by Crippen LogP contribution is 2.31. The Morgan fingerprint density at radius 1 is 1.27 bits per heavy atom. The molecule has 1 aliphatic heterocycles. The molecule has 0 saturated carbocycles. The predicted octanol–water partition coefficient (Wildman–Crippen LogP) is 3.55. The van der Waals surface area contributed by atoms with Crippen molar-refractivity contribution in [3.8, 4) is 5.75 Å². The van der Waals surface area contributed by atoms with Gasteiger partial charge in [0.1, 0.15) is 5.75 Å². The Morgan fingerprint density at radius 2 is 2.14 bits per heavy atom. The van der Waals surface area contributed by atoms with Crippen LogP contribution in [-0.4, -0.2) is 17.0 Å². The Bertz CT molecular complexity index is 847. The average Bonchev–Trinajstić information content (AvgIpc) is 3.11. The number of aromatic nitrogens is 1. The summed E-state index contributed by atoms with van der Waals surface area (Å²) < 4.78 is 6.78. The summed E-state index contributed by atoms with van der Waals surface area (Å²) in [6.45, 7) is 2.02. The maximum absolute atomic E-state index is 12.4. The van der Waals surface area contributed by atoms with Crippen molar-refractivity contribution in [2.45, 2.75) is 19.4 Å². The molecule has 110 valence electrons. The molecule has 0 aliphatic carbocycles. The van der Waals surface area contributed by atoms with E-state index in [0.29, 0.717) is 11.6 Å². The van der Waals surface area contributed by atoms with Crippen LogP contribution in [0.4, 0.5) is 5.13 Å². The van der Waals surface area contributed by atoms with Gasteiger partial charge in [-0.3, -0.25) is 10.1 Å². The van der Waals surface area contributed by atoms with Gasteiger partial charge in [-0.15, -0.1) is 0 Å². The van der Waals surface area contributed by atoms with Gasteiger partial charge in [0.15, 0.2) is 11.2 Å². The van der Waals surface area contributed by atoms with Crippen LogP contribution < -0.4 is 10.1 Å². The fraction of sp³-hybridized carbons (Fsp3) is 0.176.